The SMILES string of the molecule is C=C1OC(CCCCCCCCCC)OC1=O. The summed E-state index contributed by atoms with van der Waals surface area (Å²) in [5, 5.41) is 0. The van der Waals surface area contributed by atoms with E-state index in [2.05, 4.69) is 13.5 Å². The first-order chi connectivity index (χ1) is 8.24. The van der Waals surface area contributed by atoms with Crippen molar-refractivity contribution in [2.24, 2.45) is 0 Å². The third-order valence-corrected chi connectivity index (χ3v) is 3.03. The van der Waals surface area contributed by atoms with Crippen LogP contribution < -0.4 is 0 Å². The van der Waals surface area contributed by atoms with Crippen LogP contribution in [0.25, 0.3) is 0 Å². The highest BCUT2D eigenvalue weighted by Crippen LogP contribution is 2.20. The number of carbonyl (C=O) groups is 1. The average molecular weight is 240 g/mol. The fourth-order valence-electron chi connectivity index (χ4n) is 1.98. The van der Waals surface area contributed by atoms with Gasteiger partial charge in [0, 0.05) is 6.42 Å². The molecule has 0 aliphatic carbocycles. The van der Waals surface area contributed by atoms with Crippen molar-refractivity contribution in [2.75, 3.05) is 0 Å². The predicted octanol–water partition coefficient (Wildman–Crippen LogP) is 3.93. The highest BCUT2D eigenvalue weighted by Gasteiger charge is 2.27. The third kappa shape index (κ3) is 5.76. The Labute approximate surface area is 104 Å². The van der Waals surface area contributed by atoms with Crippen molar-refractivity contribution in [3.8, 4) is 0 Å². The normalized spacial score (nSPS) is 19.2. The molecule has 1 saturated heterocycles. The van der Waals surface area contributed by atoms with Gasteiger partial charge in [-0.05, 0) is 13.0 Å². The van der Waals surface area contributed by atoms with Gasteiger partial charge in [0.15, 0.2) is 0 Å². The average Bonchev–Trinajstić information content (AvgIpc) is 2.62. The van der Waals surface area contributed by atoms with Crippen LogP contribution in [-0.2, 0) is 14.3 Å². The first-order valence-corrected chi connectivity index (χ1v) is 6.80. The van der Waals surface area contributed by atoms with Gasteiger partial charge in [-0.25, -0.2) is 4.79 Å². The molecule has 98 valence electrons. The largest absolute Gasteiger partial charge is 0.448 e. The molecule has 0 aromatic carbocycles. The standard InChI is InChI=1S/C14H24O3/c1-3-4-5-6-7-8-9-10-11-13-16-12(2)14(15)17-13/h13H,2-11H2,1H3. The van der Waals surface area contributed by atoms with Crippen LogP contribution in [0.4, 0.5) is 0 Å². The molecule has 0 spiro atoms. The Morgan fingerprint density at radius 3 is 2.12 bits per heavy atom. The van der Waals surface area contributed by atoms with Gasteiger partial charge in [-0.2, -0.15) is 0 Å². The predicted molar refractivity (Wildman–Crippen MR) is 67.3 cm³/mol. The topological polar surface area (TPSA) is 35.5 Å². The summed E-state index contributed by atoms with van der Waals surface area (Å²) in [5.41, 5.74) is 0. The summed E-state index contributed by atoms with van der Waals surface area (Å²) in [6.07, 6.45) is 10.6. The second kappa shape index (κ2) is 8.15. The van der Waals surface area contributed by atoms with Gasteiger partial charge in [-0.3, -0.25) is 0 Å². The van der Waals surface area contributed by atoms with E-state index < -0.39 is 5.97 Å². The molecule has 1 unspecified atom stereocenters. The van der Waals surface area contributed by atoms with E-state index in [0.29, 0.717) is 0 Å². The maximum absolute atomic E-state index is 11.0. The van der Waals surface area contributed by atoms with E-state index in [9.17, 15) is 4.79 Å². The maximum atomic E-state index is 11.0. The number of cyclic esters (lactones) is 1. The number of carbonyl (C=O) groups excluding carboxylic acids is 1. The summed E-state index contributed by atoms with van der Waals surface area (Å²) < 4.78 is 10.1. The van der Waals surface area contributed by atoms with Crippen molar-refractivity contribution in [1.82, 2.24) is 0 Å². The highest BCUT2D eigenvalue weighted by molar-refractivity contribution is 5.86. The molecule has 1 heterocycles. The van der Waals surface area contributed by atoms with Gasteiger partial charge in [-0.1, -0.05) is 51.9 Å². The molecule has 0 aromatic rings. The molecule has 3 heteroatoms. The van der Waals surface area contributed by atoms with Crippen LogP contribution in [0.1, 0.15) is 64.7 Å². The minimum atomic E-state index is -0.408. The molecule has 1 fully saturated rings. The summed E-state index contributed by atoms with van der Waals surface area (Å²) >= 11 is 0. The summed E-state index contributed by atoms with van der Waals surface area (Å²) in [6.45, 7) is 5.71. The van der Waals surface area contributed by atoms with Crippen LogP contribution in [0.15, 0.2) is 12.3 Å². The first kappa shape index (κ1) is 14.1. The van der Waals surface area contributed by atoms with Gasteiger partial charge in [0.1, 0.15) is 0 Å². The van der Waals surface area contributed by atoms with Crippen molar-refractivity contribution in [3.63, 3.8) is 0 Å². The Balaban J connectivity index is 1.88. The lowest BCUT2D eigenvalue weighted by atomic mass is 10.1. The Morgan fingerprint density at radius 1 is 1.00 bits per heavy atom. The summed E-state index contributed by atoms with van der Waals surface area (Å²) in [4.78, 5) is 11.0. The molecule has 1 aliphatic rings. The number of unbranched alkanes of at least 4 members (excludes halogenated alkanes) is 7. The van der Waals surface area contributed by atoms with E-state index in [1.807, 2.05) is 0 Å². The van der Waals surface area contributed by atoms with Crippen LogP contribution in [0.2, 0.25) is 0 Å². The lowest BCUT2D eigenvalue weighted by Gasteiger charge is -2.07. The van der Waals surface area contributed by atoms with E-state index in [4.69, 9.17) is 9.47 Å². The Kier molecular flexibility index (Phi) is 6.75. The molecule has 0 aromatic heterocycles. The van der Waals surface area contributed by atoms with Crippen LogP contribution in [0.5, 0.6) is 0 Å². The van der Waals surface area contributed by atoms with Crippen molar-refractivity contribution >= 4 is 5.97 Å². The van der Waals surface area contributed by atoms with Crippen molar-refractivity contribution in [1.29, 1.82) is 0 Å². The molecule has 1 aliphatic heterocycles. The smallest absolute Gasteiger partial charge is 0.376 e. The summed E-state index contributed by atoms with van der Waals surface area (Å²) in [5.74, 6) is -0.260. The van der Waals surface area contributed by atoms with Crippen LogP contribution in [0.3, 0.4) is 0 Å². The zero-order valence-corrected chi connectivity index (χ0v) is 10.9. The third-order valence-electron chi connectivity index (χ3n) is 3.03. The second-order valence-corrected chi connectivity index (χ2v) is 4.64. The molecule has 17 heavy (non-hydrogen) atoms. The zero-order valence-electron chi connectivity index (χ0n) is 10.9. The molecule has 0 amide bonds. The van der Waals surface area contributed by atoms with E-state index in [1.54, 1.807) is 0 Å². The van der Waals surface area contributed by atoms with Gasteiger partial charge in [0.25, 0.3) is 0 Å². The minimum Gasteiger partial charge on any atom is -0.448 e. The van der Waals surface area contributed by atoms with Crippen molar-refractivity contribution < 1.29 is 14.3 Å². The Morgan fingerprint density at radius 2 is 1.59 bits per heavy atom. The molecule has 0 N–H and O–H groups in total. The fourth-order valence-corrected chi connectivity index (χ4v) is 1.98. The van der Waals surface area contributed by atoms with Gasteiger partial charge >= 0.3 is 5.97 Å². The summed E-state index contributed by atoms with van der Waals surface area (Å²) in [6, 6.07) is 0. The summed E-state index contributed by atoms with van der Waals surface area (Å²) in [7, 11) is 0. The number of esters is 1. The van der Waals surface area contributed by atoms with E-state index >= 15 is 0 Å². The van der Waals surface area contributed by atoms with Gasteiger partial charge in [0.05, 0.1) is 0 Å². The molecule has 1 rings (SSSR count). The molecule has 3 nitrogen and oxygen atoms in total. The molecular weight excluding hydrogens is 216 g/mol. The quantitative estimate of drug-likeness (QED) is 0.348. The van der Waals surface area contributed by atoms with Crippen LogP contribution >= 0.6 is 0 Å². The minimum absolute atomic E-state index is 0.148. The van der Waals surface area contributed by atoms with Gasteiger partial charge < -0.3 is 9.47 Å². The van der Waals surface area contributed by atoms with Gasteiger partial charge in [-0.15, -0.1) is 0 Å². The molecule has 0 bridgehead atoms. The Hall–Kier alpha value is -0.990. The second-order valence-electron chi connectivity index (χ2n) is 4.64. The highest BCUT2D eigenvalue weighted by atomic mass is 16.7. The molecule has 0 saturated carbocycles. The molecule has 1 atom stereocenters. The van der Waals surface area contributed by atoms with E-state index in [1.165, 1.54) is 44.9 Å². The van der Waals surface area contributed by atoms with Crippen LogP contribution in [-0.4, -0.2) is 12.3 Å². The lowest BCUT2D eigenvalue weighted by Crippen LogP contribution is -2.07. The maximum Gasteiger partial charge on any atom is 0.376 e. The van der Waals surface area contributed by atoms with Crippen molar-refractivity contribution in [3.05, 3.63) is 12.3 Å². The van der Waals surface area contributed by atoms with E-state index in [-0.39, 0.29) is 12.0 Å². The van der Waals surface area contributed by atoms with E-state index in [0.717, 1.165) is 12.8 Å². The van der Waals surface area contributed by atoms with Gasteiger partial charge in [0.2, 0.25) is 12.0 Å². The van der Waals surface area contributed by atoms with Crippen LogP contribution in [0, 0.1) is 0 Å². The number of hydrogen-bond donors (Lipinski definition) is 0. The monoisotopic (exact) mass is 240 g/mol. The molecule has 0 radical (unpaired) electrons. The number of ether oxygens (including phenoxy) is 2. The zero-order chi connectivity index (χ0) is 12.5. The number of rotatable bonds is 9. The Bertz CT molecular complexity index is 232. The lowest BCUT2D eigenvalue weighted by molar-refractivity contribution is -0.143. The molecular formula is C14H24O3. The number of hydrogen-bond acceptors (Lipinski definition) is 3. The first-order valence-electron chi connectivity index (χ1n) is 6.80. The fraction of sp³-hybridized carbons (Fsp3) is 0.786. The van der Waals surface area contributed by atoms with Crippen molar-refractivity contribution in [2.45, 2.75) is 71.0 Å².